The molecule has 0 radical (unpaired) electrons. The van der Waals surface area contributed by atoms with Gasteiger partial charge in [-0.15, -0.1) is 0 Å². The van der Waals surface area contributed by atoms with Gasteiger partial charge in [0.2, 0.25) is 0 Å². The standard InChI is InChI=1S/C26H25BrFN5O2/c1-16-5-9-22(20(13-16)26(35)32-23-10-7-18(27)15-30-23)31-25(34)19-8-6-17(14-21(19)28)24(29)33-11-3-2-4-12-33/h5-10,13-15,29H,2-4,11-12H2,1H3,(H,31,34)(H,30,32,35). The van der Waals surface area contributed by atoms with Crippen molar-refractivity contribution >= 4 is 45.1 Å². The first-order chi connectivity index (χ1) is 16.8. The number of carbonyl (C=O) groups excluding carboxylic acids is 2. The second-order valence-electron chi connectivity index (χ2n) is 8.41. The van der Waals surface area contributed by atoms with Crippen molar-refractivity contribution in [2.24, 2.45) is 0 Å². The molecule has 0 unspecified atom stereocenters. The van der Waals surface area contributed by atoms with Crippen molar-refractivity contribution < 1.29 is 14.0 Å². The number of amides is 2. The highest BCUT2D eigenvalue weighted by atomic mass is 79.9. The van der Waals surface area contributed by atoms with Crippen molar-refractivity contribution in [3.63, 3.8) is 0 Å². The first-order valence-corrected chi connectivity index (χ1v) is 12.1. The van der Waals surface area contributed by atoms with E-state index in [0.717, 1.165) is 42.4 Å². The van der Waals surface area contributed by atoms with Crippen LogP contribution in [0.3, 0.4) is 0 Å². The summed E-state index contributed by atoms with van der Waals surface area (Å²) in [5, 5.41) is 13.7. The fourth-order valence-electron chi connectivity index (χ4n) is 3.92. The molecule has 2 aromatic carbocycles. The van der Waals surface area contributed by atoms with E-state index in [4.69, 9.17) is 5.41 Å². The number of halogens is 2. The Labute approximate surface area is 211 Å². The Hall–Kier alpha value is -3.59. The molecule has 1 saturated heterocycles. The number of hydrogen-bond acceptors (Lipinski definition) is 4. The molecule has 0 spiro atoms. The second-order valence-corrected chi connectivity index (χ2v) is 9.33. The Bertz CT molecular complexity index is 1270. The Morgan fingerprint density at radius 1 is 0.971 bits per heavy atom. The zero-order chi connectivity index (χ0) is 24.9. The minimum Gasteiger partial charge on any atom is -0.357 e. The van der Waals surface area contributed by atoms with Gasteiger partial charge in [0.25, 0.3) is 11.8 Å². The lowest BCUT2D eigenvalue weighted by Gasteiger charge is -2.29. The number of aryl methyl sites for hydroxylation is 1. The average molecular weight is 538 g/mol. The Morgan fingerprint density at radius 3 is 2.40 bits per heavy atom. The number of aromatic nitrogens is 1. The summed E-state index contributed by atoms with van der Waals surface area (Å²) < 4.78 is 15.7. The molecule has 0 aliphatic carbocycles. The van der Waals surface area contributed by atoms with Crippen LogP contribution in [0.5, 0.6) is 0 Å². The van der Waals surface area contributed by atoms with Crippen LogP contribution < -0.4 is 10.6 Å². The van der Waals surface area contributed by atoms with Gasteiger partial charge in [0.05, 0.1) is 16.8 Å². The quantitative estimate of drug-likeness (QED) is 0.291. The van der Waals surface area contributed by atoms with E-state index in [-0.39, 0.29) is 22.6 Å². The van der Waals surface area contributed by atoms with E-state index in [1.165, 1.54) is 12.1 Å². The van der Waals surface area contributed by atoms with Gasteiger partial charge in [-0.25, -0.2) is 9.37 Å². The molecule has 2 heterocycles. The van der Waals surface area contributed by atoms with E-state index >= 15 is 0 Å². The van der Waals surface area contributed by atoms with Gasteiger partial charge < -0.3 is 15.5 Å². The third-order valence-corrected chi connectivity index (χ3v) is 6.27. The van der Waals surface area contributed by atoms with Crippen LogP contribution in [0, 0.1) is 18.2 Å². The van der Waals surface area contributed by atoms with Crippen LogP contribution in [-0.2, 0) is 0 Å². The Balaban J connectivity index is 1.52. The number of piperidine rings is 1. The molecule has 0 bridgehead atoms. The number of anilines is 2. The van der Waals surface area contributed by atoms with Crippen molar-refractivity contribution in [3.05, 3.63) is 87.3 Å². The highest BCUT2D eigenvalue weighted by Gasteiger charge is 2.20. The van der Waals surface area contributed by atoms with Crippen molar-refractivity contribution in [1.29, 1.82) is 5.41 Å². The summed E-state index contributed by atoms with van der Waals surface area (Å²) in [6.45, 7) is 3.38. The van der Waals surface area contributed by atoms with Gasteiger partial charge in [-0.2, -0.15) is 0 Å². The summed E-state index contributed by atoms with van der Waals surface area (Å²) in [5.74, 6) is -1.24. The molecule has 9 heteroatoms. The molecule has 0 atom stereocenters. The summed E-state index contributed by atoms with van der Waals surface area (Å²) in [4.78, 5) is 31.9. The van der Waals surface area contributed by atoms with Gasteiger partial charge in [-0.1, -0.05) is 17.7 Å². The summed E-state index contributed by atoms with van der Waals surface area (Å²) >= 11 is 3.30. The van der Waals surface area contributed by atoms with E-state index in [1.54, 1.807) is 42.6 Å². The van der Waals surface area contributed by atoms with Crippen molar-refractivity contribution in [2.75, 3.05) is 23.7 Å². The molecule has 0 saturated carbocycles. The lowest BCUT2D eigenvalue weighted by atomic mass is 10.1. The number of amidine groups is 1. The van der Waals surface area contributed by atoms with Crippen LogP contribution in [0.25, 0.3) is 0 Å². The first-order valence-electron chi connectivity index (χ1n) is 11.3. The Kier molecular flexibility index (Phi) is 7.55. The van der Waals surface area contributed by atoms with Crippen LogP contribution in [0.2, 0.25) is 0 Å². The molecule has 1 aliphatic heterocycles. The number of rotatable bonds is 5. The number of hydrogen-bond donors (Lipinski definition) is 3. The average Bonchev–Trinajstić information content (AvgIpc) is 2.86. The normalized spacial score (nSPS) is 13.3. The molecular weight excluding hydrogens is 513 g/mol. The van der Waals surface area contributed by atoms with Gasteiger partial charge in [0.1, 0.15) is 17.5 Å². The lowest BCUT2D eigenvalue weighted by Crippen LogP contribution is -2.35. The van der Waals surface area contributed by atoms with Crippen LogP contribution in [-0.4, -0.2) is 40.6 Å². The fraction of sp³-hybridized carbons (Fsp3) is 0.231. The maximum Gasteiger partial charge on any atom is 0.258 e. The van der Waals surface area contributed by atoms with E-state index in [1.807, 2.05) is 11.8 Å². The number of benzene rings is 2. The highest BCUT2D eigenvalue weighted by molar-refractivity contribution is 9.10. The molecule has 2 amide bonds. The molecule has 1 aliphatic rings. The van der Waals surface area contributed by atoms with Gasteiger partial charge in [-0.05, 0) is 78.5 Å². The number of likely N-dealkylation sites (tertiary alicyclic amines) is 1. The second kappa shape index (κ2) is 10.8. The summed E-state index contributed by atoms with van der Waals surface area (Å²) in [5.41, 5.74) is 1.57. The van der Waals surface area contributed by atoms with Gasteiger partial charge in [-0.3, -0.25) is 15.0 Å². The maximum atomic E-state index is 14.9. The molecule has 3 N–H and O–H groups in total. The molecule has 7 nitrogen and oxygen atoms in total. The molecular formula is C26H25BrFN5O2. The van der Waals surface area contributed by atoms with E-state index < -0.39 is 17.6 Å². The van der Waals surface area contributed by atoms with E-state index in [9.17, 15) is 14.0 Å². The minimum atomic E-state index is -0.723. The Morgan fingerprint density at radius 2 is 1.71 bits per heavy atom. The molecule has 1 aromatic heterocycles. The predicted octanol–water partition coefficient (Wildman–Crippen LogP) is 5.61. The van der Waals surface area contributed by atoms with Crippen molar-refractivity contribution in [3.8, 4) is 0 Å². The zero-order valence-corrected chi connectivity index (χ0v) is 20.8. The third kappa shape index (κ3) is 5.92. The largest absolute Gasteiger partial charge is 0.357 e. The van der Waals surface area contributed by atoms with Crippen LogP contribution in [0.4, 0.5) is 15.9 Å². The predicted molar refractivity (Wildman–Crippen MR) is 138 cm³/mol. The summed E-state index contributed by atoms with van der Waals surface area (Å²) in [6.07, 6.45) is 4.72. The van der Waals surface area contributed by atoms with Crippen molar-refractivity contribution in [2.45, 2.75) is 26.2 Å². The van der Waals surface area contributed by atoms with E-state index in [0.29, 0.717) is 11.4 Å². The van der Waals surface area contributed by atoms with Crippen LogP contribution in [0.15, 0.2) is 59.2 Å². The third-order valence-electron chi connectivity index (χ3n) is 5.80. The summed E-state index contributed by atoms with van der Waals surface area (Å²) in [6, 6.07) is 12.6. The summed E-state index contributed by atoms with van der Waals surface area (Å²) in [7, 11) is 0. The van der Waals surface area contributed by atoms with Crippen LogP contribution >= 0.6 is 15.9 Å². The SMILES string of the molecule is Cc1ccc(NC(=O)c2ccc(C(=N)N3CCCCC3)cc2F)c(C(=O)Nc2ccc(Br)cn2)c1. The molecule has 180 valence electrons. The highest BCUT2D eigenvalue weighted by Crippen LogP contribution is 2.22. The number of carbonyl (C=O) groups is 2. The molecule has 4 rings (SSSR count). The van der Waals surface area contributed by atoms with Gasteiger partial charge in [0, 0.05) is 29.3 Å². The monoisotopic (exact) mass is 537 g/mol. The smallest absolute Gasteiger partial charge is 0.258 e. The zero-order valence-electron chi connectivity index (χ0n) is 19.2. The minimum absolute atomic E-state index is 0.165. The molecule has 1 fully saturated rings. The van der Waals surface area contributed by atoms with E-state index in [2.05, 4.69) is 31.5 Å². The molecule has 3 aromatic rings. The number of nitrogens with one attached hydrogen (secondary N) is 3. The maximum absolute atomic E-state index is 14.9. The number of nitrogens with zero attached hydrogens (tertiary/aromatic N) is 2. The fourth-order valence-corrected chi connectivity index (χ4v) is 4.16. The topological polar surface area (TPSA) is 98.2 Å². The molecule has 35 heavy (non-hydrogen) atoms. The van der Waals surface area contributed by atoms with Crippen LogP contribution in [0.1, 0.15) is 51.1 Å². The number of pyridine rings is 1. The van der Waals surface area contributed by atoms with Gasteiger partial charge >= 0.3 is 0 Å². The van der Waals surface area contributed by atoms with Gasteiger partial charge in [0.15, 0.2) is 0 Å². The lowest BCUT2D eigenvalue weighted by molar-refractivity contribution is 0.102. The van der Waals surface area contributed by atoms with Crippen molar-refractivity contribution in [1.82, 2.24) is 9.88 Å². The first kappa shape index (κ1) is 24.5.